The van der Waals surface area contributed by atoms with E-state index < -0.39 is 5.97 Å². The Kier molecular flexibility index (Phi) is 5.12. The highest BCUT2D eigenvalue weighted by Crippen LogP contribution is 2.26. The molecule has 1 aromatic rings. The zero-order valence-electron chi connectivity index (χ0n) is 12.4. The number of aromatic nitrogens is 1. The largest absolute Gasteiger partial charge is 0.477 e. The molecule has 0 radical (unpaired) electrons. The maximum atomic E-state index is 11.3. The first-order valence-electron chi connectivity index (χ1n) is 7.49. The monoisotopic (exact) mass is 276 g/mol. The van der Waals surface area contributed by atoms with Crippen molar-refractivity contribution in [3.05, 3.63) is 29.6 Å². The molecule has 1 heterocycles. The molecule has 0 bridgehead atoms. The molecule has 0 amide bonds. The summed E-state index contributed by atoms with van der Waals surface area (Å²) in [4.78, 5) is 17.7. The van der Waals surface area contributed by atoms with Gasteiger partial charge in [-0.3, -0.25) is 4.90 Å². The zero-order valence-corrected chi connectivity index (χ0v) is 12.4. The second kappa shape index (κ2) is 6.84. The molecular weight excluding hydrogens is 252 g/mol. The number of nitrogens with zero attached hydrogens (tertiary/aromatic N) is 2. The van der Waals surface area contributed by atoms with Crippen LogP contribution >= 0.6 is 0 Å². The standard InChI is InChI=1S/C16H24N2O2/c1-12(2)10-18(14-7-3-4-8-14)11-13-6-5-9-17-15(13)16(19)20/h5-6,9,12,14H,3-4,7-8,10-11H2,1-2H3,(H,19,20). The SMILES string of the molecule is CC(C)CN(Cc1cccnc1C(=O)O)C1CCCC1. The number of aromatic carboxylic acids is 1. The van der Waals surface area contributed by atoms with E-state index in [2.05, 4.69) is 23.7 Å². The average Bonchev–Trinajstić information content (AvgIpc) is 2.91. The maximum absolute atomic E-state index is 11.3. The lowest BCUT2D eigenvalue weighted by molar-refractivity contribution is 0.0686. The first-order chi connectivity index (χ1) is 9.58. The second-order valence-corrected chi connectivity index (χ2v) is 6.08. The van der Waals surface area contributed by atoms with Crippen LogP contribution in [0.25, 0.3) is 0 Å². The van der Waals surface area contributed by atoms with E-state index in [0.717, 1.165) is 12.1 Å². The minimum Gasteiger partial charge on any atom is -0.477 e. The molecule has 20 heavy (non-hydrogen) atoms. The van der Waals surface area contributed by atoms with Gasteiger partial charge in [-0.05, 0) is 30.4 Å². The number of carboxylic acid groups (broad SMARTS) is 1. The van der Waals surface area contributed by atoms with Crippen LogP contribution in [0.2, 0.25) is 0 Å². The summed E-state index contributed by atoms with van der Waals surface area (Å²) in [5.74, 6) is -0.350. The van der Waals surface area contributed by atoms with Crippen molar-refractivity contribution in [1.82, 2.24) is 9.88 Å². The third-order valence-corrected chi connectivity index (χ3v) is 3.91. The summed E-state index contributed by atoms with van der Waals surface area (Å²) in [6, 6.07) is 4.31. The van der Waals surface area contributed by atoms with Gasteiger partial charge < -0.3 is 5.11 Å². The van der Waals surface area contributed by atoms with Crippen LogP contribution < -0.4 is 0 Å². The summed E-state index contributed by atoms with van der Waals surface area (Å²) in [6.07, 6.45) is 6.59. The van der Waals surface area contributed by atoms with Gasteiger partial charge in [0.2, 0.25) is 0 Å². The molecule has 0 atom stereocenters. The number of hydrogen-bond donors (Lipinski definition) is 1. The lowest BCUT2D eigenvalue weighted by Crippen LogP contribution is -2.36. The van der Waals surface area contributed by atoms with Crippen LogP contribution in [-0.2, 0) is 6.54 Å². The fourth-order valence-electron chi connectivity index (χ4n) is 3.06. The van der Waals surface area contributed by atoms with Gasteiger partial charge in [0.1, 0.15) is 0 Å². The molecule has 1 aromatic heterocycles. The molecule has 1 N–H and O–H groups in total. The smallest absolute Gasteiger partial charge is 0.354 e. The molecule has 1 aliphatic carbocycles. The minimum atomic E-state index is -0.934. The Labute approximate surface area is 120 Å². The van der Waals surface area contributed by atoms with Gasteiger partial charge >= 0.3 is 5.97 Å². The lowest BCUT2D eigenvalue weighted by atomic mass is 10.1. The Balaban J connectivity index is 2.16. The summed E-state index contributed by atoms with van der Waals surface area (Å²) in [5, 5.41) is 9.24. The van der Waals surface area contributed by atoms with Gasteiger partial charge in [-0.15, -0.1) is 0 Å². The normalized spacial score (nSPS) is 16.2. The maximum Gasteiger partial charge on any atom is 0.354 e. The van der Waals surface area contributed by atoms with Crippen LogP contribution in [0.1, 0.15) is 55.6 Å². The summed E-state index contributed by atoms with van der Waals surface area (Å²) in [6.45, 7) is 6.13. The highest BCUT2D eigenvalue weighted by Gasteiger charge is 2.24. The van der Waals surface area contributed by atoms with Gasteiger partial charge in [0.15, 0.2) is 5.69 Å². The van der Waals surface area contributed by atoms with E-state index in [4.69, 9.17) is 0 Å². The Morgan fingerprint density at radius 2 is 2.15 bits per heavy atom. The molecule has 1 aliphatic rings. The highest BCUT2D eigenvalue weighted by atomic mass is 16.4. The molecule has 0 unspecified atom stereocenters. The van der Waals surface area contributed by atoms with Crippen molar-refractivity contribution >= 4 is 5.97 Å². The van der Waals surface area contributed by atoms with E-state index in [1.165, 1.54) is 25.7 Å². The van der Waals surface area contributed by atoms with Crippen LogP contribution in [0.4, 0.5) is 0 Å². The predicted octanol–water partition coefficient (Wildman–Crippen LogP) is 3.18. The molecule has 0 aliphatic heterocycles. The van der Waals surface area contributed by atoms with Gasteiger partial charge in [0, 0.05) is 25.3 Å². The van der Waals surface area contributed by atoms with Crippen molar-refractivity contribution in [2.24, 2.45) is 5.92 Å². The van der Waals surface area contributed by atoms with Crippen molar-refractivity contribution in [3.8, 4) is 0 Å². The van der Waals surface area contributed by atoms with E-state index in [0.29, 0.717) is 18.5 Å². The summed E-state index contributed by atoms with van der Waals surface area (Å²) in [5.41, 5.74) is 1.02. The predicted molar refractivity (Wildman–Crippen MR) is 78.7 cm³/mol. The Morgan fingerprint density at radius 1 is 1.45 bits per heavy atom. The molecule has 2 rings (SSSR count). The fourth-order valence-corrected chi connectivity index (χ4v) is 3.06. The number of hydrogen-bond acceptors (Lipinski definition) is 3. The van der Waals surface area contributed by atoms with Gasteiger partial charge in [-0.2, -0.15) is 0 Å². The molecular formula is C16H24N2O2. The minimum absolute atomic E-state index is 0.194. The molecule has 110 valence electrons. The number of pyridine rings is 1. The summed E-state index contributed by atoms with van der Waals surface area (Å²) < 4.78 is 0. The molecule has 1 fully saturated rings. The Morgan fingerprint density at radius 3 is 2.75 bits per heavy atom. The van der Waals surface area contributed by atoms with Gasteiger partial charge in [0.05, 0.1) is 0 Å². The van der Waals surface area contributed by atoms with Crippen LogP contribution in [0, 0.1) is 5.92 Å². The molecule has 0 spiro atoms. The van der Waals surface area contributed by atoms with Crippen molar-refractivity contribution in [2.45, 2.75) is 52.1 Å². The van der Waals surface area contributed by atoms with Crippen LogP contribution in [-0.4, -0.2) is 33.5 Å². The van der Waals surface area contributed by atoms with Crippen molar-refractivity contribution in [1.29, 1.82) is 0 Å². The number of rotatable bonds is 6. The second-order valence-electron chi connectivity index (χ2n) is 6.08. The van der Waals surface area contributed by atoms with Gasteiger partial charge in [-0.25, -0.2) is 9.78 Å². The van der Waals surface area contributed by atoms with Crippen molar-refractivity contribution in [2.75, 3.05) is 6.54 Å². The van der Waals surface area contributed by atoms with Crippen LogP contribution in [0.3, 0.4) is 0 Å². The zero-order chi connectivity index (χ0) is 14.5. The van der Waals surface area contributed by atoms with Gasteiger partial charge in [0.25, 0.3) is 0 Å². The third kappa shape index (κ3) is 3.79. The molecule has 4 nitrogen and oxygen atoms in total. The van der Waals surface area contributed by atoms with E-state index in [9.17, 15) is 9.90 Å². The van der Waals surface area contributed by atoms with E-state index in [1.54, 1.807) is 6.20 Å². The topological polar surface area (TPSA) is 53.4 Å². The molecule has 1 saturated carbocycles. The Bertz CT molecular complexity index is 454. The average molecular weight is 276 g/mol. The van der Waals surface area contributed by atoms with Crippen molar-refractivity contribution in [3.63, 3.8) is 0 Å². The quantitative estimate of drug-likeness (QED) is 0.867. The van der Waals surface area contributed by atoms with Gasteiger partial charge in [-0.1, -0.05) is 32.8 Å². The van der Waals surface area contributed by atoms with E-state index in [1.807, 2.05) is 12.1 Å². The summed E-state index contributed by atoms with van der Waals surface area (Å²) in [7, 11) is 0. The molecule has 0 saturated heterocycles. The van der Waals surface area contributed by atoms with E-state index in [-0.39, 0.29) is 5.69 Å². The number of carbonyl (C=O) groups is 1. The van der Waals surface area contributed by atoms with Crippen molar-refractivity contribution < 1.29 is 9.90 Å². The Hall–Kier alpha value is -1.42. The number of carboxylic acids is 1. The third-order valence-electron chi connectivity index (χ3n) is 3.91. The first kappa shape index (κ1) is 15.0. The molecule has 4 heteroatoms. The lowest BCUT2D eigenvalue weighted by Gasteiger charge is -2.30. The highest BCUT2D eigenvalue weighted by molar-refractivity contribution is 5.86. The molecule has 0 aromatic carbocycles. The summed E-state index contributed by atoms with van der Waals surface area (Å²) >= 11 is 0. The van der Waals surface area contributed by atoms with Crippen LogP contribution in [0.15, 0.2) is 18.3 Å². The fraction of sp³-hybridized carbons (Fsp3) is 0.625. The van der Waals surface area contributed by atoms with Crippen LogP contribution in [0.5, 0.6) is 0 Å². The van der Waals surface area contributed by atoms with E-state index >= 15 is 0 Å². The first-order valence-corrected chi connectivity index (χ1v) is 7.49.